The van der Waals surface area contributed by atoms with Gasteiger partial charge >= 0.3 is 0 Å². The van der Waals surface area contributed by atoms with Gasteiger partial charge in [-0.3, -0.25) is 0 Å². The van der Waals surface area contributed by atoms with Crippen molar-refractivity contribution in [1.82, 2.24) is 0 Å². The fourth-order valence-electron chi connectivity index (χ4n) is 2.14. The number of rotatable bonds is 2. The molecule has 3 rings (SSSR count). The molecule has 17 heavy (non-hydrogen) atoms. The lowest BCUT2D eigenvalue weighted by Gasteiger charge is -2.13. The molecule has 1 heterocycles. The molecule has 0 radical (unpaired) electrons. The van der Waals surface area contributed by atoms with Crippen LogP contribution in [0.2, 0.25) is 5.02 Å². The van der Waals surface area contributed by atoms with E-state index in [0.29, 0.717) is 16.4 Å². The van der Waals surface area contributed by atoms with Crippen LogP contribution in [0.3, 0.4) is 0 Å². The van der Waals surface area contributed by atoms with Gasteiger partial charge in [0, 0.05) is 10.9 Å². The lowest BCUT2D eigenvalue weighted by atomic mass is 10.0. The van der Waals surface area contributed by atoms with Crippen molar-refractivity contribution in [2.24, 2.45) is 0 Å². The molecule has 1 aliphatic carbocycles. The van der Waals surface area contributed by atoms with Crippen LogP contribution in [0.25, 0.3) is 11.0 Å². The SMILES string of the molecule is COc1cc(C2(O)CC2)c(Cl)c2cc(C)oc12. The first-order chi connectivity index (χ1) is 8.05. The fraction of sp³-hybridized carbons (Fsp3) is 0.385. The van der Waals surface area contributed by atoms with Crippen LogP contribution >= 0.6 is 11.6 Å². The van der Waals surface area contributed by atoms with Gasteiger partial charge in [-0.15, -0.1) is 0 Å². The molecule has 1 N–H and O–H groups in total. The topological polar surface area (TPSA) is 42.6 Å². The summed E-state index contributed by atoms with van der Waals surface area (Å²) in [5, 5.41) is 11.6. The number of halogens is 1. The van der Waals surface area contributed by atoms with Crippen molar-refractivity contribution < 1.29 is 14.3 Å². The highest BCUT2D eigenvalue weighted by Crippen LogP contribution is 2.51. The summed E-state index contributed by atoms with van der Waals surface area (Å²) >= 11 is 6.33. The van der Waals surface area contributed by atoms with E-state index >= 15 is 0 Å². The Bertz CT molecular complexity index is 596. The zero-order valence-corrected chi connectivity index (χ0v) is 10.5. The second-order valence-corrected chi connectivity index (χ2v) is 4.95. The number of fused-ring (bicyclic) bond motifs is 1. The Balaban J connectivity index is 2.34. The molecule has 0 bridgehead atoms. The van der Waals surface area contributed by atoms with Gasteiger partial charge < -0.3 is 14.3 Å². The molecule has 1 aromatic carbocycles. The number of aryl methyl sites for hydroxylation is 1. The largest absolute Gasteiger partial charge is 0.493 e. The molecule has 0 unspecified atom stereocenters. The third-order valence-corrected chi connectivity index (χ3v) is 3.68. The van der Waals surface area contributed by atoms with E-state index in [1.54, 1.807) is 13.2 Å². The molecule has 1 aromatic heterocycles. The number of hydrogen-bond acceptors (Lipinski definition) is 3. The van der Waals surface area contributed by atoms with Gasteiger partial charge in [-0.05, 0) is 31.9 Å². The maximum atomic E-state index is 10.2. The Hall–Kier alpha value is -1.19. The molecule has 4 heteroatoms. The quantitative estimate of drug-likeness (QED) is 0.891. The Labute approximate surface area is 104 Å². The molecular weight excluding hydrogens is 240 g/mol. The van der Waals surface area contributed by atoms with Crippen molar-refractivity contribution in [2.75, 3.05) is 7.11 Å². The molecule has 0 amide bonds. The summed E-state index contributed by atoms with van der Waals surface area (Å²) < 4.78 is 10.9. The van der Waals surface area contributed by atoms with Crippen LogP contribution in [0.5, 0.6) is 5.75 Å². The van der Waals surface area contributed by atoms with E-state index in [2.05, 4.69) is 0 Å². The van der Waals surface area contributed by atoms with Gasteiger partial charge in [0.25, 0.3) is 0 Å². The van der Waals surface area contributed by atoms with Crippen LogP contribution < -0.4 is 4.74 Å². The van der Waals surface area contributed by atoms with E-state index < -0.39 is 5.60 Å². The van der Waals surface area contributed by atoms with Crippen LogP contribution in [0.15, 0.2) is 16.5 Å². The van der Waals surface area contributed by atoms with Crippen molar-refractivity contribution in [2.45, 2.75) is 25.4 Å². The smallest absolute Gasteiger partial charge is 0.177 e. The summed E-state index contributed by atoms with van der Waals surface area (Å²) in [6.07, 6.45) is 1.50. The van der Waals surface area contributed by atoms with Crippen molar-refractivity contribution in [3.8, 4) is 5.75 Å². The van der Waals surface area contributed by atoms with Gasteiger partial charge in [0.15, 0.2) is 11.3 Å². The Morgan fingerprint density at radius 1 is 1.41 bits per heavy atom. The first kappa shape index (κ1) is 10.9. The molecule has 3 nitrogen and oxygen atoms in total. The maximum Gasteiger partial charge on any atom is 0.177 e. The van der Waals surface area contributed by atoms with Crippen LogP contribution in [0, 0.1) is 6.92 Å². The molecule has 90 valence electrons. The number of ether oxygens (including phenoxy) is 1. The van der Waals surface area contributed by atoms with Crippen molar-refractivity contribution in [1.29, 1.82) is 0 Å². The zero-order valence-electron chi connectivity index (χ0n) is 9.71. The van der Waals surface area contributed by atoms with Gasteiger partial charge in [0.1, 0.15) is 5.76 Å². The molecule has 1 fully saturated rings. The average Bonchev–Trinajstić information content (AvgIpc) is 2.89. The van der Waals surface area contributed by atoms with Crippen molar-refractivity contribution in [3.63, 3.8) is 0 Å². The van der Waals surface area contributed by atoms with Crippen LogP contribution in [-0.4, -0.2) is 12.2 Å². The molecule has 2 aromatic rings. The number of furan rings is 1. The van der Waals surface area contributed by atoms with Gasteiger partial charge in [-0.2, -0.15) is 0 Å². The highest BCUT2D eigenvalue weighted by Gasteiger charge is 2.44. The fourth-order valence-corrected chi connectivity index (χ4v) is 2.51. The molecule has 1 saturated carbocycles. The van der Waals surface area contributed by atoms with Crippen LogP contribution in [0.1, 0.15) is 24.2 Å². The minimum Gasteiger partial charge on any atom is -0.493 e. The molecule has 0 atom stereocenters. The summed E-state index contributed by atoms with van der Waals surface area (Å²) in [7, 11) is 1.58. The molecule has 1 aliphatic rings. The second-order valence-electron chi connectivity index (χ2n) is 4.57. The maximum absolute atomic E-state index is 10.2. The lowest BCUT2D eigenvalue weighted by Crippen LogP contribution is -2.05. The van der Waals surface area contributed by atoms with Gasteiger partial charge in [-0.1, -0.05) is 11.6 Å². The molecule has 0 aliphatic heterocycles. The summed E-state index contributed by atoms with van der Waals surface area (Å²) in [4.78, 5) is 0. The first-order valence-corrected chi connectivity index (χ1v) is 5.92. The number of aliphatic hydroxyl groups is 1. The molecular formula is C13H13ClO3. The second kappa shape index (κ2) is 3.40. The summed E-state index contributed by atoms with van der Waals surface area (Å²) in [6.45, 7) is 1.86. The number of methoxy groups -OCH3 is 1. The lowest BCUT2D eigenvalue weighted by molar-refractivity contribution is 0.151. The van der Waals surface area contributed by atoms with Crippen LogP contribution in [0.4, 0.5) is 0 Å². The van der Waals surface area contributed by atoms with E-state index in [0.717, 1.165) is 29.6 Å². The average molecular weight is 253 g/mol. The highest BCUT2D eigenvalue weighted by molar-refractivity contribution is 6.36. The third-order valence-electron chi connectivity index (χ3n) is 3.27. The van der Waals surface area contributed by atoms with Gasteiger partial charge in [-0.25, -0.2) is 0 Å². The first-order valence-electron chi connectivity index (χ1n) is 5.55. The summed E-state index contributed by atoms with van der Waals surface area (Å²) in [6, 6.07) is 3.65. The Morgan fingerprint density at radius 2 is 2.12 bits per heavy atom. The van der Waals surface area contributed by atoms with Crippen molar-refractivity contribution >= 4 is 22.6 Å². The van der Waals surface area contributed by atoms with Crippen LogP contribution in [-0.2, 0) is 5.60 Å². The minimum atomic E-state index is -0.774. The van der Waals surface area contributed by atoms with E-state index in [1.165, 1.54) is 0 Å². The standard InChI is InChI=1S/C13H13ClO3/c1-7-5-8-11(14)9(13(15)3-4-13)6-10(16-2)12(8)17-7/h5-6,15H,3-4H2,1-2H3. The predicted molar refractivity (Wildman–Crippen MR) is 65.6 cm³/mol. The van der Waals surface area contributed by atoms with E-state index in [1.807, 2.05) is 13.0 Å². The number of hydrogen-bond donors (Lipinski definition) is 1. The summed E-state index contributed by atoms with van der Waals surface area (Å²) in [5.74, 6) is 1.40. The highest BCUT2D eigenvalue weighted by atomic mass is 35.5. The van der Waals surface area contributed by atoms with Gasteiger partial charge in [0.05, 0.1) is 17.7 Å². The van der Waals surface area contributed by atoms with E-state index in [4.69, 9.17) is 20.8 Å². The Morgan fingerprint density at radius 3 is 2.71 bits per heavy atom. The van der Waals surface area contributed by atoms with E-state index in [9.17, 15) is 5.11 Å². The summed E-state index contributed by atoms with van der Waals surface area (Å²) in [5.41, 5.74) is 0.608. The monoisotopic (exact) mass is 252 g/mol. The normalized spacial score (nSPS) is 17.4. The predicted octanol–water partition coefficient (Wildman–Crippen LogP) is 3.38. The van der Waals surface area contributed by atoms with Gasteiger partial charge in [0.2, 0.25) is 0 Å². The molecule has 0 spiro atoms. The number of benzene rings is 1. The zero-order chi connectivity index (χ0) is 12.2. The van der Waals surface area contributed by atoms with Crippen molar-refractivity contribution in [3.05, 3.63) is 28.5 Å². The minimum absolute atomic E-state index is 0.567. The van der Waals surface area contributed by atoms with E-state index in [-0.39, 0.29) is 0 Å². The third kappa shape index (κ3) is 1.53. The Kier molecular flexibility index (Phi) is 2.19. The molecule has 0 saturated heterocycles.